The molecule has 1 aliphatic rings. The van der Waals surface area contributed by atoms with Gasteiger partial charge in [0.2, 0.25) is 5.82 Å². The van der Waals surface area contributed by atoms with Gasteiger partial charge < -0.3 is 4.74 Å². The van der Waals surface area contributed by atoms with Crippen LogP contribution in [0.3, 0.4) is 0 Å². The van der Waals surface area contributed by atoms with Crippen LogP contribution in [0.1, 0.15) is 31.2 Å². The van der Waals surface area contributed by atoms with Crippen LogP contribution in [0.4, 0.5) is 17.6 Å². The van der Waals surface area contributed by atoms with Gasteiger partial charge in [0.1, 0.15) is 11.9 Å². The summed E-state index contributed by atoms with van der Waals surface area (Å²) in [5, 5.41) is 7.25. The third-order valence-corrected chi connectivity index (χ3v) is 4.51. The number of hydrogen-bond donors (Lipinski definition) is 0. The van der Waals surface area contributed by atoms with Crippen LogP contribution in [0.25, 0.3) is 16.9 Å². The van der Waals surface area contributed by atoms with E-state index in [9.17, 15) is 17.6 Å². The molecule has 5 nitrogen and oxygen atoms in total. The number of nitrogens with zero attached hydrogens (tertiary/aromatic N) is 4. The lowest BCUT2D eigenvalue weighted by molar-refractivity contribution is -0.134. The second-order valence-electron chi connectivity index (χ2n) is 6.89. The maximum absolute atomic E-state index is 13.7. The summed E-state index contributed by atoms with van der Waals surface area (Å²) in [6.45, 7) is 2.57. The van der Waals surface area contributed by atoms with Crippen LogP contribution < -0.4 is 4.74 Å². The standard InChI is InChI=1S/C18H16F4N4O/c1-10-5-11(27-12-6-18(21,22)7-12)3-4-13(10)14-9-26-15(8-23-14)24-25-16(26)17(2,19)20/h3-5,8-9,12H,6-7H2,1-2H3. The molecule has 0 aliphatic heterocycles. The van der Waals surface area contributed by atoms with Crippen molar-refractivity contribution >= 4 is 5.65 Å². The van der Waals surface area contributed by atoms with E-state index in [2.05, 4.69) is 15.2 Å². The lowest BCUT2D eigenvalue weighted by Gasteiger charge is -2.34. The maximum atomic E-state index is 13.7. The zero-order valence-corrected chi connectivity index (χ0v) is 14.6. The van der Waals surface area contributed by atoms with E-state index < -0.39 is 23.8 Å². The van der Waals surface area contributed by atoms with Crippen molar-refractivity contribution in [3.8, 4) is 17.0 Å². The molecule has 142 valence electrons. The minimum absolute atomic E-state index is 0.221. The molecular weight excluding hydrogens is 364 g/mol. The molecule has 0 saturated heterocycles. The molecule has 9 heteroatoms. The summed E-state index contributed by atoms with van der Waals surface area (Å²) >= 11 is 0. The summed E-state index contributed by atoms with van der Waals surface area (Å²) in [5.41, 5.74) is 2.18. The van der Waals surface area contributed by atoms with E-state index in [0.29, 0.717) is 17.0 Å². The van der Waals surface area contributed by atoms with Gasteiger partial charge in [-0.25, -0.2) is 8.78 Å². The van der Waals surface area contributed by atoms with Crippen molar-refractivity contribution in [1.29, 1.82) is 0 Å². The first kappa shape index (κ1) is 17.7. The van der Waals surface area contributed by atoms with Crippen LogP contribution >= 0.6 is 0 Å². The van der Waals surface area contributed by atoms with Gasteiger partial charge in [-0.2, -0.15) is 8.78 Å². The highest BCUT2D eigenvalue weighted by Crippen LogP contribution is 2.40. The molecule has 1 aromatic carbocycles. The summed E-state index contributed by atoms with van der Waals surface area (Å²) in [7, 11) is 0. The fourth-order valence-corrected chi connectivity index (χ4v) is 3.12. The fourth-order valence-electron chi connectivity index (χ4n) is 3.12. The smallest absolute Gasteiger partial charge is 0.304 e. The summed E-state index contributed by atoms with van der Waals surface area (Å²) in [6, 6.07) is 5.11. The van der Waals surface area contributed by atoms with E-state index >= 15 is 0 Å². The lowest BCUT2D eigenvalue weighted by Crippen LogP contribution is -2.43. The molecule has 0 unspecified atom stereocenters. The average Bonchev–Trinajstić information content (AvgIpc) is 2.96. The lowest BCUT2D eigenvalue weighted by atomic mass is 9.91. The second kappa shape index (κ2) is 5.90. The van der Waals surface area contributed by atoms with Crippen LogP contribution in [-0.4, -0.2) is 31.6 Å². The Labute approximate surface area is 152 Å². The number of ether oxygens (including phenoxy) is 1. The van der Waals surface area contributed by atoms with Crippen molar-refractivity contribution in [3.63, 3.8) is 0 Å². The quantitative estimate of drug-likeness (QED) is 0.630. The van der Waals surface area contributed by atoms with E-state index in [1.54, 1.807) is 18.2 Å². The first-order chi connectivity index (χ1) is 12.6. The van der Waals surface area contributed by atoms with Gasteiger partial charge in [-0.15, -0.1) is 10.2 Å². The molecule has 0 amide bonds. The molecule has 0 spiro atoms. The Morgan fingerprint density at radius 2 is 1.96 bits per heavy atom. The van der Waals surface area contributed by atoms with Crippen molar-refractivity contribution in [2.24, 2.45) is 0 Å². The van der Waals surface area contributed by atoms with E-state index in [-0.39, 0.29) is 18.5 Å². The Morgan fingerprint density at radius 3 is 2.59 bits per heavy atom. The first-order valence-corrected chi connectivity index (χ1v) is 8.37. The van der Waals surface area contributed by atoms with Gasteiger partial charge in [0.05, 0.1) is 11.9 Å². The first-order valence-electron chi connectivity index (χ1n) is 8.37. The monoisotopic (exact) mass is 380 g/mol. The summed E-state index contributed by atoms with van der Waals surface area (Å²) < 4.78 is 60.0. The van der Waals surface area contributed by atoms with Gasteiger partial charge in [0, 0.05) is 31.5 Å². The molecule has 2 heterocycles. The van der Waals surface area contributed by atoms with Gasteiger partial charge in [-0.05, 0) is 30.7 Å². The zero-order valence-electron chi connectivity index (χ0n) is 14.6. The molecule has 4 rings (SSSR count). The van der Waals surface area contributed by atoms with Gasteiger partial charge in [0.25, 0.3) is 5.92 Å². The number of fused-ring (bicyclic) bond motifs is 1. The van der Waals surface area contributed by atoms with Crippen LogP contribution in [0, 0.1) is 6.92 Å². The number of halogens is 4. The number of hydrogen-bond acceptors (Lipinski definition) is 4. The predicted octanol–water partition coefficient (Wildman–Crippen LogP) is 4.39. The van der Waals surface area contributed by atoms with Gasteiger partial charge in [-0.1, -0.05) is 0 Å². The van der Waals surface area contributed by atoms with E-state index in [4.69, 9.17) is 4.74 Å². The van der Waals surface area contributed by atoms with Crippen molar-refractivity contribution < 1.29 is 22.3 Å². The molecule has 1 fully saturated rings. The van der Waals surface area contributed by atoms with Gasteiger partial charge >= 0.3 is 5.92 Å². The van der Waals surface area contributed by atoms with Crippen molar-refractivity contribution in [1.82, 2.24) is 19.6 Å². The van der Waals surface area contributed by atoms with Crippen molar-refractivity contribution in [2.75, 3.05) is 0 Å². The molecule has 2 aromatic heterocycles. The van der Waals surface area contributed by atoms with E-state index in [1.807, 2.05) is 6.92 Å². The highest BCUT2D eigenvalue weighted by atomic mass is 19.3. The van der Waals surface area contributed by atoms with Crippen LogP contribution in [-0.2, 0) is 5.92 Å². The minimum Gasteiger partial charge on any atom is -0.490 e. The third-order valence-electron chi connectivity index (χ3n) is 4.51. The highest BCUT2D eigenvalue weighted by molar-refractivity contribution is 5.65. The van der Waals surface area contributed by atoms with Gasteiger partial charge in [-0.3, -0.25) is 9.38 Å². The number of aromatic nitrogens is 4. The highest BCUT2D eigenvalue weighted by Gasteiger charge is 2.47. The molecule has 0 N–H and O–H groups in total. The van der Waals surface area contributed by atoms with Crippen molar-refractivity contribution in [2.45, 2.75) is 44.6 Å². The summed E-state index contributed by atoms with van der Waals surface area (Å²) in [5.74, 6) is -5.76. The number of rotatable bonds is 4. The van der Waals surface area contributed by atoms with E-state index in [1.165, 1.54) is 16.8 Å². The normalized spacial score (nSPS) is 17.1. The predicted molar refractivity (Wildman–Crippen MR) is 89.1 cm³/mol. The largest absolute Gasteiger partial charge is 0.490 e. The Morgan fingerprint density at radius 1 is 1.22 bits per heavy atom. The zero-order chi connectivity index (χ0) is 19.4. The number of alkyl halides is 4. The Balaban J connectivity index is 1.63. The Hall–Kier alpha value is -2.71. The fraction of sp³-hybridized carbons (Fsp3) is 0.389. The second-order valence-corrected chi connectivity index (χ2v) is 6.89. The van der Waals surface area contributed by atoms with Crippen LogP contribution in [0.15, 0.2) is 30.6 Å². The number of aryl methyl sites for hydroxylation is 1. The Bertz CT molecular complexity index is 1000. The van der Waals surface area contributed by atoms with Gasteiger partial charge in [0.15, 0.2) is 5.65 Å². The van der Waals surface area contributed by atoms with Crippen LogP contribution in [0.2, 0.25) is 0 Å². The summed E-state index contributed by atoms with van der Waals surface area (Å²) in [4.78, 5) is 4.26. The SMILES string of the molecule is Cc1cc(OC2CC(F)(F)C2)ccc1-c1cn2c(C(C)(F)F)nnc2cn1. The minimum atomic E-state index is -3.14. The molecule has 27 heavy (non-hydrogen) atoms. The molecule has 0 radical (unpaired) electrons. The van der Waals surface area contributed by atoms with E-state index in [0.717, 1.165) is 12.5 Å². The molecule has 3 aromatic rings. The molecule has 1 saturated carbocycles. The molecule has 0 bridgehead atoms. The molecule has 1 aliphatic carbocycles. The topological polar surface area (TPSA) is 52.3 Å². The average molecular weight is 380 g/mol. The summed E-state index contributed by atoms with van der Waals surface area (Å²) in [6.07, 6.45) is 1.77. The third kappa shape index (κ3) is 3.33. The molecule has 0 atom stereocenters. The molecular formula is C18H16F4N4O. The number of benzene rings is 1. The Kier molecular flexibility index (Phi) is 3.87. The van der Waals surface area contributed by atoms with Crippen molar-refractivity contribution in [3.05, 3.63) is 42.0 Å². The van der Waals surface area contributed by atoms with Crippen LogP contribution in [0.5, 0.6) is 5.75 Å². The maximum Gasteiger partial charge on any atom is 0.304 e.